The maximum absolute atomic E-state index is 13.7. The van der Waals surface area contributed by atoms with Gasteiger partial charge >= 0.3 is 6.18 Å². The van der Waals surface area contributed by atoms with Crippen molar-refractivity contribution < 1.29 is 32.0 Å². The maximum atomic E-state index is 13.7. The van der Waals surface area contributed by atoms with Crippen molar-refractivity contribution in [3.05, 3.63) is 53.9 Å². The molecular weight excluding hydrogens is 453 g/mol. The molecule has 1 N–H and O–H groups in total. The Labute approximate surface area is 193 Å². The summed E-state index contributed by atoms with van der Waals surface area (Å²) in [6.07, 6.45) is -4.65. The van der Waals surface area contributed by atoms with Gasteiger partial charge in [-0.3, -0.25) is 4.79 Å². The number of morpholine rings is 1. The molecule has 180 valence electrons. The number of anilines is 2. The molecule has 1 amide bonds. The number of benzene rings is 2. The van der Waals surface area contributed by atoms with Crippen LogP contribution in [0.25, 0.3) is 11.4 Å². The van der Waals surface area contributed by atoms with Crippen LogP contribution in [0, 0.1) is 0 Å². The van der Waals surface area contributed by atoms with Crippen LogP contribution >= 0.6 is 0 Å². The molecule has 1 saturated heterocycles. The van der Waals surface area contributed by atoms with Crippen LogP contribution in [-0.2, 0) is 22.1 Å². The molecule has 0 spiro atoms. The van der Waals surface area contributed by atoms with E-state index in [0.717, 1.165) is 6.07 Å². The zero-order valence-corrected chi connectivity index (χ0v) is 18.4. The van der Waals surface area contributed by atoms with Gasteiger partial charge in [-0.15, -0.1) is 0 Å². The summed E-state index contributed by atoms with van der Waals surface area (Å²) >= 11 is 0. The van der Waals surface area contributed by atoms with Crippen molar-refractivity contribution in [2.75, 3.05) is 43.6 Å². The molecule has 0 unspecified atom stereocenters. The zero-order chi connectivity index (χ0) is 24.1. The summed E-state index contributed by atoms with van der Waals surface area (Å²) in [5, 5.41) is 6.25. The second-order valence-corrected chi connectivity index (χ2v) is 7.62. The zero-order valence-electron chi connectivity index (χ0n) is 18.4. The Bertz CT molecular complexity index is 1130. The smallest absolute Gasteiger partial charge is 0.418 e. The third kappa shape index (κ3) is 5.66. The topological polar surface area (TPSA) is 89.7 Å². The normalized spacial score (nSPS) is 14.2. The number of methoxy groups -OCH3 is 1. The first-order chi connectivity index (χ1) is 16.3. The van der Waals surface area contributed by atoms with E-state index < -0.39 is 17.6 Å². The Morgan fingerprint density at radius 3 is 2.56 bits per heavy atom. The van der Waals surface area contributed by atoms with E-state index >= 15 is 0 Å². The molecule has 4 rings (SSSR count). The molecule has 0 bridgehead atoms. The molecular formula is C23H23F3N4O4. The van der Waals surface area contributed by atoms with Gasteiger partial charge in [-0.25, -0.2) is 0 Å². The molecule has 1 aliphatic heterocycles. The van der Waals surface area contributed by atoms with E-state index in [2.05, 4.69) is 15.5 Å². The molecule has 3 aromatic rings. The van der Waals surface area contributed by atoms with E-state index in [1.165, 1.54) is 6.07 Å². The largest absolute Gasteiger partial charge is 0.497 e. The predicted molar refractivity (Wildman–Crippen MR) is 118 cm³/mol. The average molecular weight is 476 g/mol. The highest BCUT2D eigenvalue weighted by molar-refractivity contribution is 5.92. The fourth-order valence-electron chi connectivity index (χ4n) is 3.54. The molecule has 0 aliphatic carbocycles. The van der Waals surface area contributed by atoms with Crippen LogP contribution in [0.15, 0.2) is 47.0 Å². The van der Waals surface area contributed by atoms with Crippen molar-refractivity contribution in [3.8, 4) is 17.1 Å². The fourth-order valence-corrected chi connectivity index (χ4v) is 3.54. The van der Waals surface area contributed by atoms with Gasteiger partial charge in [-0.2, -0.15) is 18.2 Å². The molecule has 0 radical (unpaired) electrons. The lowest BCUT2D eigenvalue weighted by Gasteiger charge is -2.29. The Morgan fingerprint density at radius 1 is 1.15 bits per heavy atom. The second kappa shape index (κ2) is 10.1. The predicted octanol–water partition coefficient (Wildman–Crippen LogP) is 4.17. The Kier molecular flexibility index (Phi) is 7.01. The fraction of sp³-hybridized carbons (Fsp3) is 0.348. The minimum Gasteiger partial charge on any atom is -0.497 e. The van der Waals surface area contributed by atoms with Crippen LogP contribution in [0.4, 0.5) is 24.5 Å². The number of nitrogens with one attached hydrogen (secondary N) is 1. The van der Waals surface area contributed by atoms with E-state index in [-0.39, 0.29) is 24.4 Å². The number of rotatable bonds is 7. The highest BCUT2D eigenvalue weighted by Gasteiger charge is 2.35. The Balaban J connectivity index is 1.40. The number of alkyl halides is 3. The molecule has 1 aromatic heterocycles. The number of aromatic nitrogens is 2. The number of halogens is 3. The SMILES string of the molecule is COc1ccc(-c2noc(CCC(=O)Nc3ccc(N4CCOCC4)cc3C(F)(F)F)n2)cc1. The third-order valence-corrected chi connectivity index (χ3v) is 5.34. The van der Waals surface area contributed by atoms with Gasteiger partial charge in [0, 0.05) is 37.2 Å². The summed E-state index contributed by atoms with van der Waals surface area (Å²) in [4.78, 5) is 18.5. The highest BCUT2D eigenvalue weighted by Crippen LogP contribution is 2.37. The van der Waals surface area contributed by atoms with Gasteiger partial charge in [0.05, 0.1) is 31.6 Å². The lowest BCUT2D eigenvalue weighted by molar-refractivity contribution is -0.136. The van der Waals surface area contributed by atoms with Crippen LogP contribution in [0.1, 0.15) is 17.9 Å². The number of ether oxygens (including phenoxy) is 2. The molecule has 2 aromatic carbocycles. The number of amides is 1. The molecule has 8 nitrogen and oxygen atoms in total. The number of hydrogen-bond donors (Lipinski definition) is 1. The maximum Gasteiger partial charge on any atom is 0.418 e. The van der Waals surface area contributed by atoms with Crippen LogP contribution in [0.2, 0.25) is 0 Å². The number of carbonyl (C=O) groups is 1. The Hall–Kier alpha value is -3.60. The van der Waals surface area contributed by atoms with E-state index in [1.807, 2.05) is 4.90 Å². The highest BCUT2D eigenvalue weighted by atomic mass is 19.4. The van der Waals surface area contributed by atoms with Crippen molar-refractivity contribution >= 4 is 17.3 Å². The van der Waals surface area contributed by atoms with Crippen molar-refractivity contribution in [1.82, 2.24) is 10.1 Å². The molecule has 0 saturated carbocycles. The van der Waals surface area contributed by atoms with Crippen LogP contribution in [-0.4, -0.2) is 49.5 Å². The van der Waals surface area contributed by atoms with Gasteiger partial charge in [-0.1, -0.05) is 5.16 Å². The van der Waals surface area contributed by atoms with E-state index in [0.29, 0.717) is 49.1 Å². The lowest BCUT2D eigenvalue weighted by Crippen LogP contribution is -2.36. The molecule has 1 aliphatic rings. The average Bonchev–Trinajstić information content (AvgIpc) is 3.32. The Morgan fingerprint density at radius 2 is 1.88 bits per heavy atom. The number of nitrogens with zero attached hydrogens (tertiary/aromatic N) is 3. The van der Waals surface area contributed by atoms with E-state index in [4.69, 9.17) is 14.0 Å². The van der Waals surface area contributed by atoms with Gasteiger partial charge in [0.2, 0.25) is 17.6 Å². The molecule has 1 fully saturated rings. The molecule has 0 atom stereocenters. The number of aryl methyl sites for hydroxylation is 1. The summed E-state index contributed by atoms with van der Waals surface area (Å²) < 4.78 is 56.5. The van der Waals surface area contributed by atoms with Gasteiger partial charge < -0.3 is 24.2 Å². The standard InChI is InChI=1S/C23H23F3N4O4/c1-32-17-5-2-15(3-6-17)22-28-21(34-29-22)9-8-20(31)27-19-7-4-16(14-18(19)23(24,25)26)30-10-12-33-13-11-30/h2-7,14H,8-13H2,1H3,(H,27,31). The van der Waals surface area contributed by atoms with E-state index in [1.54, 1.807) is 37.4 Å². The first kappa shape index (κ1) is 23.6. The first-order valence-electron chi connectivity index (χ1n) is 10.6. The molecule has 11 heteroatoms. The summed E-state index contributed by atoms with van der Waals surface area (Å²) in [7, 11) is 1.56. The summed E-state index contributed by atoms with van der Waals surface area (Å²) in [5.41, 5.74) is -0.0515. The quantitative estimate of drug-likeness (QED) is 0.547. The van der Waals surface area contributed by atoms with Gasteiger partial charge in [0.15, 0.2) is 0 Å². The summed E-state index contributed by atoms with van der Waals surface area (Å²) in [6, 6.07) is 10.9. The minimum atomic E-state index is -4.62. The van der Waals surface area contributed by atoms with Crippen LogP contribution in [0.5, 0.6) is 5.75 Å². The van der Waals surface area contributed by atoms with Crippen molar-refractivity contribution in [3.63, 3.8) is 0 Å². The van der Waals surface area contributed by atoms with E-state index in [9.17, 15) is 18.0 Å². The van der Waals surface area contributed by atoms with Crippen LogP contribution < -0.4 is 15.0 Å². The monoisotopic (exact) mass is 476 g/mol. The van der Waals surface area contributed by atoms with Crippen molar-refractivity contribution in [2.45, 2.75) is 19.0 Å². The first-order valence-corrected chi connectivity index (χ1v) is 10.6. The van der Waals surface area contributed by atoms with Gasteiger partial charge in [0.25, 0.3) is 0 Å². The molecule has 34 heavy (non-hydrogen) atoms. The number of carbonyl (C=O) groups excluding carboxylic acids is 1. The number of hydrogen-bond acceptors (Lipinski definition) is 7. The summed E-state index contributed by atoms with van der Waals surface area (Å²) in [5.74, 6) is 0.643. The summed E-state index contributed by atoms with van der Waals surface area (Å²) in [6.45, 7) is 1.92. The van der Waals surface area contributed by atoms with Crippen molar-refractivity contribution in [1.29, 1.82) is 0 Å². The molecule has 2 heterocycles. The minimum absolute atomic E-state index is 0.0855. The third-order valence-electron chi connectivity index (χ3n) is 5.34. The van der Waals surface area contributed by atoms with Crippen molar-refractivity contribution in [2.24, 2.45) is 0 Å². The lowest BCUT2D eigenvalue weighted by atomic mass is 10.1. The second-order valence-electron chi connectivity index (χ2n) is 7.62. The van der Waals surface area contributed by atoms with Gasteiger partial charge in [-0.05, 0) is 42.5 Å². The van der Waals surface area contributed by atoms with Crippen LogP contribution in [0.3, 0.4) is 0 Å². The van der Waals surface area contributed by atoms with Gasteiger partial charge in [0.1, 0.15) is 5.75 Å².